The van der Waals surface area contributed by atoms with Gasteiger partial charge in [0.15, 0.2) is 0 Å². The van der Waals surface area contributed by atoms with Gasteiger partial charge in [-0.25, -0.2) is 4.79 Å². The summed E-state index contributed by atoms with van der Waals surface area (Å²) in [7, 11) is 1.15. The first-order chi connectivity index (χ1) is 9.36. The van der Waals surface area contributed by atoms with Crippen molar-refractivity contribution in [2.45, 2.75) is 13.1 Å². The molecule has 0 atom stereocenters. The number of benzene rings is 1. The van der Waals surface area contributed by atoms with Crippen LogP contribution in [-0.4, -0.2) is 13.1 Å². The van der Waals surface area contributed by atoms with E-state index in [9.17, 15) is 18.0 Å². The van der Waals surface area contributed by atoms with Crippen molar-refractivity contribution in [3.05, 3.63) is 45.6 Å². The SMILES string of the molecule is COC(=O)c1sc(C(F)(F)F)c(-c2ccccc2)c1C. The maximum Gasteiger partial charge on any atom is 0.426 e. The Kier molecular flexibility index (Phi) is 3.85. The molecule has 0 bridgehead atoms. The fraction of sp³-hybridized carbons (Fsp3) is 0.214. The lowest BCUT2D eigenvalue weighted by atomic mass is 10.0. The fourth-order valence-corrected chi connectivity index (χ4v) is 3.07. The molecule has 0 amide bonds. The highest BCUT2D eigenvalue weighted by Crippen LogP contribution is 2.45. The van der Waals surface area contributed by atoms with Gasteiger partial charge in [-0.2, -0.15) is 13.2 Å². The van der Waals surface area contributed by atoms with Crippen molar-refractivity contribution in [1.29, 1.82) is 0 Å². The van der Waals surface area contributed by atoms with E-state index in [1.54, 1.807) is 30.3 Å². The van der Waals surface area contributed by atoms with Gasteiger partial charge in [0.1, 0.15) is 9.75 Å². The summed E-state index contributed by atoms with van der Waals surface area (Å²) in [5.41, 5.74) is 0.771. The summed E-state index contributed by atoms with van der Waals surface area (Å²) < 4.78 is 44.0. The Morgan fingerprint density at radius 3 is 2.30 bits per heavy atom. The zero-order valence-electron chi connectivity index (χ0n) is 10.7. The molecule has 0 aliphatic heterocycles. The minimum absolute atomic E-state index is 0.0151. The Bertz CT molecular complexity index is 630. The van der Waals surface area contributed by atoms with Crippen LogP contribution in [0, 0.1) is 6.92 Å². The summed E-state index contributed by atoms with van der Waals surface area (Å²) in [5, 5.41) is 0. The van der Waals surface area contributed by atoms with Crippen molar-refractivity contribution in [1.82, 2.24) is 0 Å². The van der Waals surface area contributed by atoms with Crippen molar-refractivity contribution in [2.75, 3.05) is 7.11 Å². The third-order valence-corrected chi connectivity index (χ3v) is 4.15. The van der Waals surface area contributed by atoms with Crippen molar-refractivity contribution in [3.63, 3.8) is 0 Å². The van der Waals surface area contributed by atoms with Gasteiger partial charge in [-0.05, 0) is 18.1 Å². The van der Waals surface area contributed by atoms with E-state index in [4.69, 9.17) is 0 Å². The van der Waals surface area contributed by atoms with E-state index in [2.05, 4.69) is 4.74 Å². The monoisotopic (exact) mass is 300 g/mol. The van der Waals surface area contributed by atoms with Crippen LogP contribution < -0.4 is 0 Å². The highest BCUT2D eigenvalue weighted by Gasteiger charge is 2.38. The van der Waals surface area contributed by atoms with Gasteiger partial charge in [0, 0.05) is 5.56 Å². The van der Waals surface area contributed by atoms with E-state index in [1.807, 2.05) is 0 Å². The number of ether oxygens (including phenoxy) is 1. The highest BCUT2D eigenvalue weighted by molar-refractivity contribution is 7.14. The smallest absolute Gasteiger partial charge is 0.426 e. The molecule has 2 aromatic rings. The number of hydrogen-bond acceptors (Lipinski definition) is 3. The molecule has 106 valence electrons. The fourth-order valence-electron chi connectivity index (χ4n) is 1.95. The van der Waals surface area contributed by atoms with Crippen LogP contribution in [0.1, 0.15) is 20.1 Å². The lowest BCUT2D eigenvalue weighted by Gasteiger charge is -2.08. The summed E-state index contributed by atoms with van der Waals surface area (Å²) in [6.45, 7) is 1.50. The minimum Gasteiger partial charge on any atom is -0.465 e. The lowest BCUT2D eigenvalue weighted by molar-refractivity contribution is -0.133. The summed E-state index contributed by atoms with van der Waals surface area (Å²) in [6, 6.07) is 8.21. The van der Waals surface area contributed by atoms with Crippen LogP contribution in [-0.2, 0) is 10.9 Å². The van der Waals surface area contributed by atoms with Gasteiger partial charge in [-0.15, -0.1) is 11.3 Å². The number of thiophene rings is 1. The maximum atomic E-state index is 13.2. The Balaban J connectivity index is 2.71. The van der Waals surface area contributed by atoms with Crippen LogP contribution in [0.5, 0.6) is 0 Å². The Morgan fingerprint density at radius 1 is 1.20 bits per heavy atom. The van der Waals surface area contributed by atoms with E-state index in [0.29, 0.717) is 22.5 Å². The molecule has 1 heterocycles. The normalized spacial score (nSPS) is 11.4. The number of rotatable bonds is 2. The largest absolute Gasteiger partial charge is 0.465 e. The number of alkyl halides is 3. The van der Waals surface area contributed by atoms with Gasteiger partial charge < -0.3 is 4.74 Å². The average molecular weight is 300 g/mol. The molecule has 0 aliphatic rings. The molecule has 0 saturated carbocycles. The summed E-state index contributed by atoms with van der Waals surface area (Å²) in [4.78, 5) is 10.8. The number of esters is 1. The van der Waals surface area contributed by atoms with Crippen LogP contribution in [0.15, 0.2) is 30.3 Å². The van der Waals surface area contributed by atoms with E-state index in [0.717, 1.165) is 7.11 Å². The number of hydrogen-bond donors (Lipinski definition) is 0. The summed E-state index contributed by atoms with van der Waals surface area (Å²) >= 11 is 0.421. The molecule has 2 rings (SSSR count). The van der Waals surface area contributed by atoms with E-state index in [-0.39, 0.29) is 10.4 Å². The first-order valence-electron chi connectivity index (χ1n) is 5.70. The minimum atomic E-state index is -4.51. The highest BCUT2D eigenvalue weighted by atomic mass is 32.1. The zero-order chi connectivity index (χ0) is 14.9. The molecule has 1 aromatic carbocycles. The summed E-state index contributed by atoms with van der Waals surface area (Å²) in [5.74, 6) is -0.750. The topological polar surface area (TPSA) is 26.3 Å². The number of methoxy groups -OCH3 is 1. The lowest BCUT2D eigenvalue weighted by Crippen LogP contribution is -2.03. The van der Waals surface area contributed by atoms with Gasteiger partial charge in [-0.1, -0.05) is 30.3 Å². The molecule has 0 N–H and O–H groups in total. The zero-order valence-corrected chi connectivity index (χ0v) is 11.6. The molecule has 0 aliphatic carbocycles. The van der Waals surface area contributed by atoms with Crippen LogP contribution in [0.4, 0.5) is 13.2 Å². The molecule has 2 nitrogen and oxygen atoms in total. The molecule has 0 saturated heterocycles. The first-order valence-corrected chi connectivity index (χ1v) is 6.52. The van der Waals surface area contributed by atoms with Gasteiger partial charge in [0.25, 0.3) is 0 Å². The molecule has 0 radical (unpaired) electrons. The van der Waals surface area contributed by atoms with Crippen LogP contribution in [0.3, 0.4) is 0 Å². The second-order valence-electron chi connectivity index (χ2n) is 4.12. The van der Waals surface area contributed by atoms with Crippen LogP contribution in [0.25, 0.3) is 11.1 Å². The van der Waals surface area contributed by atoms with Gasteiger partial charge in [0.2, 0.25) is 0 Å². The van der Waals surface area contributed by atoms with Gasteiger partial charge in [-0.3, -0.25) is 0 Å². The standard InChI is InChI=1S/C14H11F3O2S/c1-8-10(9-6-4-3-5-7-9)12(14(15,16)17)20-11(8)13(18)19-2/h3-7H,1-2H3. The van der Waals surface area contributed by atoms with Crippen LogP contribution in [0.2, 0.25) is 0 Å². The first kappa shape index (κ1) is 14.6. The maximum absolute atomic E-state index is 13.2. The molecule has 0 fully saturated rings. The van der Waals surface area contributed by atoms with Crippen molar-refractivity contribution < 1.29 is 22.7 Å². The molecular formula is C14H11F3O2S. The third-order valence-electron chi connectivity index (χ3n) is 2.84. The van der Waals surface area contributed by atoms with Crippen molar-refractivity contribution >= 4 is 17.3 Å². The van der Waals surface area contributed by atoms with Crippen LogP contribution >= 0.6 is 11.3 Å². The Labute approximate surface area is 117 Å². The Hall–Kier alpha value is -1.82. The van der Waals surface area contributed by atoms with Crippen molar-refractivity contribution in [2.24, 2.45) is 0 Å². The molecular weight excluding hydrogens is 289 g/mol. The quantitative estimate of drug-likeness (QED) is 0.762. The van der Waals surface area contributed by atoms with E-state index >= 15 is 0 Å². The predicted octanol–water partition coefficient (Wildman–Crippen LogP) is 4.53. The molecule has 20 heavy (non-hydrogen) atoms. The second kappa shape index (κ2) is 5.28. The number of carbonyl (C=O) groups is 1. The average Bonchev–Trinajstić information content (AvgIpc) is 2.76. The van der Waals surface area contributed by atoms with E-state index in [1.165, 1.54) is 6.92 Å². The van der Waals surface area contributed by atoms with E-state index < -0.39 is 17.0 Å². The number of halogens is 3. The van der Waals surface area contributed by atoms with Gasteiger partial charge >= 0.3 is 12.1 Å². The van der Waals surface area contributed by atoms with Crippen molar-refractivity contribution in [3.8, 4) is 11.1 Å². The molecule has 6 heteroatoms. The Morgan fingerprint density at radius 2 is 1.80 bits per heavy atom. The molecule has 0 spiro atoms. The number of carbonyl (C=O) groups excluding carboxylic acids is 1. The molecule has 1 aromatic heterocycles. The third kappa shape index (κ3) is 2.56. The van der Waals surface area contributed by atoms with Gasteiger partial charge in [0.05, 0.1) is 7.11 Å². The summed E-state index contributed by atoms with van der Waals surface area (Å²) in [6.07, 6.45) is -4.51. The second-order valence-corrected chi connectivity index (χ2v) is 5.14. The molecule has 0 unspecified atom stereocenters. The predicted molar refractivity (Wildman–Crippen MR) is 70.8 cm³/mol.